The minimum absolute atomic E-state index is 0.0313. The van der Waals surface area contributed by atoms with Gasteiger partial charge in [0.25, 0.3) is 0 Å². The number of amides is 2. The van der Waals surface area contributed by atoms with Crippen molar-refractivity contribution in [2.75, 3.05) is 26.2 Å². The second-order valence-electron chi connectivity index (χ2n) is 21.2. The third-order valence-corrected chi connectivity index (χ3v) is 11.9. The molecule has 0 aliphatic carbocycles. The summed E-state index contributed by atoms with van der Waals surface area (Å²) in [6.45, 7) is 21.9. The lowest BCUT2D eigenvalue weighted by Crippen LogP contribution is -2.47. The van der Waals surface area contributed by atoms with Crippen molar-refractivity contribution in [3.63, 3.8) is 0 Å². The molecule has 0 heterocycles. The number of guanidine groups is 1. The van der Waals surface area contributed by atoms with E-state index in [4.69, 9.17) is 18.9 Å². The van der Waals surface area contributed by atoms with Gasteiger partial charge in [0.15, 0.2) is 0 Å². The van der Waals surface area contributed by atoms with Crippen LogP contribution in [0.15, 0.2) is 4.99 Å². The number of Topliss-reactive ketones (excluding diaryl/α,β-unsaturated/α-hetero) is 1. The van der Waals surface area contributed by atoms with Crippen LogP contribution in [0.2, 0.25) is 0 Å². The van der Waals surface area contributed by atoms with E-state index in [1.54, 1.807) is 41.5 Å². The van der Waals surface area contributed by atoms with Gasteiger partial charge in [-0.2, -0.15) is 0 Å². The molecule has 400 valence electrons. The highest BCUT2D eigenvalue weighted by Crippen LogP contribution is 2.20. The second kappa shape index (κ2) is 43.1. The topological polar surface area (TPSA) is 145 Å². The lowest BCUT2D eigenvalue weighted by molar-refractivity contribution is -0.150. The van der Waals surface area contributed by atoms with Gasteiger partial charge in [-0.1, -0.05) is 150 Å². The Bertz CT molecular complexity index is 1230. The van der Waals surface area contributed by atoms with Gasteiger partial charge in [-0.3, -0.25) is 30.1 Å². The van der Waals surface area contributed by atoms with Gasteiger partial charge in [0.05, 0.1) is 0 Å². The van der Waals surface area contributed by atoms with Crippen molar-refractivity contribution >= 4 is 29.9 Å². The molecule has 0 aliphatic rings. The number of hydrogen-bond donors (Lipinski definition) is 2. The fraction of sp³-hybridized carbons (Fsp3) is 0.911. The zero-order valence-electron chi connectivity index (χ0n) is 46.0. The molecule has 0 aromatic rings. The fourth-order valence-electron chi connectivity index (χ4n) is 8.23. The monoisotopic (exact) mass is 965 g/mol. The van der Waals surface area contributed by atoms with Crippen molar-refractivity contribution in [3.8, 4) is 0 Å². The summed E-state index contributed by atoms with van der Waals surface area (Å²) >= 11 is 0. The second-order valence-corrected chi connectivity index (χ2v) is 21.2. The van der Waals surface area contributed by atoms with Gasteiger partial charge in [-0.25, -0.2) is 9.59 Å². The summed E-state index contributed by atoms with van der Waals surface area (Å²) in [6, 6.07) is 0. The van der Waals surface area contributed by atoms with E-state index in [9.17, 15) is 19.2 Å². The molecule has 2 amide bonds. The van der Waals surface area contributed by atoms with E-state index in [1.165, 1.54) is 96.3 Å². The summed E-state index contributed by atoms with van der Waals surface area (Å²) in [7, 11) is 0. The number of aliphatic imine (C=N–C) groups is 1. The number of ketones is 1. The smallest absolute Gasteiger partial charge is 0.414 e. The first-order valence-corrected chi connectivity index (χ1v) is 28.1. The van der Waals surface area contributed by atoms with E-state index in [0.29, 0.717) is 51.2 Å². The van der Waals surface area contributed by atoms with E-state index in [1.807, 2.05) is 6.92 Å². The van der Waals surface area contributed by atoms with Crippen LogP contribution in [0.5, 0.6) is 0 Å². The number of carbonyl (C=O) groups is 4. The van der Waals surface area contributed by atoms with E-state index in [2.05, 4.69) is 41.3 Å². The molecule has 12 heteroatoms. The Morgan fingerprint density at radius 1 is 0.485 bits per heavy atom. The van der Waals surface area contributed by atoms with Crippen LogP contribution in [-0.2, 0) is 28.5 Å². The van der Waals surface area contributed by atoms with Gasteiger partial charge in [0.1, 0.15) is 29.3 Å². The van der Waals surface area contributed by atoms with Crippen molar-refractivity contribution in [1.82, 2.24) is 15.5 Å². The van der Waals surface area contributed by atoms with Crippen LogP contribution in [0.3, 0.4) is 0 Å². The van der Waals surface area contributed by atoms with Crippen LogP contribution in [0.25, 0.3) is 0 Å². The molecule has 0 aromatic carbocycles. The molecule has 68 heavy (non-hydrogen) atoms. The highest BCUT2D eigenvalue weighted by Gasteiger charge is 2.23. The van der Waals surface area contributed by atoms with Gasteiger partial charge >= 0.3 is 18.2 Å². The molecule has 0 saturated heterocycles. The molecule has 0 radical (unpaired) electrons. The van der Waals surface area contributed by atoms with Gasteiger partial charge in [-0.15, -0.1) is 0 Å². The summed E-state index contributed by atoms with van der Waals surface area (Å²) in [5.41, 5.74) is -1.47. The molecule has 0 aliphatic heterocycles. The Morgan fingerprint density at radius 2 is 0.941 bits per heavy atom. The standard InChI is InChI=1S/C56H108N4O8/c1-11-15-18-21-24-30-35-47-65-50(42-36-39-48(61)38-14-4)60(46-37-44-57-52(58-53(63)67-55(5,6)7)59-54(64)68-56(8,9)10)45-34-29-25-28-33-43-51(62)66-49(40-31-26-22-19-16-12-2)41-32-27-23-20-17-13-3/h49-50H,11-47H2,1-10H3,(H2,57,58,59,63,64). The van der Waals surface area contributed by atoms with Crippen LogP contribution in [0.1, 0.15) is 281 Å². The van der Waals surface area contributed by atoms with Crippen molar-refractivity contribution in [1.29, 1.82) is 0 Å². The highest BCUT2D eigenvalue weighted by molar-refractivity contribution is 6.01. The summed E-state index contributed by atoms with van der Waals surface area (Å²) in [5.74, 6) is 0.234. The maximum Gasteiger partial charge on any atom is 0.414 e. The van der Waals surface area contributed by atoms with E-state index in [0.717, 1.165) is 96.4 Å². The number of carbonyl (C=O) groups excluding carboxylic acids is 4. The molecule has 1 atom stereocenters. The molecule has 0 fully saturated rings. The molecular weight excluding hydrogens is 857 g/mol. The molecule has 12 nitrogen and oxygen atoms in total. The molecule has 0 saturated carbocycles. The first-order valence-electron chi connectivity index (χ1n) is 28.1. The van der Waals surface area contributed by atoms with E-state index < -0.39 is 23.4 Å². The number of nitrogens with zero attached hydrogens (tertiary/aromatic N) is 2. The van der Waals surface area contributed by atoms with Crippen molar-refractivity contribution in [2.45, 2.75) is 305 Å². The molecule has 0 rings (SSSR count). The Hall–Kier alpha value is -2.73. The number of rotatable bonds is 43. The maximum atomic E-state index is 13.1. The number of alkyl carbamates (subject to hydrolysis) is 2. The summed E-state index contributed by atoms with van der Waals surface area (Å²) in [6.07, 6.45) is 33.4. The number of esters is 1. The number of unbranched alkanes of at least 4 members (excludes halogenated alkanes) is 20. The average Bonchev–Trinajstić information content (AvgIpc) is 3.25. The first-order chi connectivity index (χ1) is 32.5. The van der Waals surface area contributed by atoms with Crippen LogP contribution < -0.4 is 10.6 Å². The Kier molecular flexibility index (Phi) is 41.4. The van der Waals surface area contributed by atoms with Crippen molar-refractivity contribution in [3.05, 3.63) is 0 Å². The van der Waals surface area contributed by atoms with Gasteiger partial charge in [0.2, 0.25) is 5.96 Å². The first kappa shape index (κ1) is 65.3. The Labute approximate surface area is 418 Å². The van der Waals surface area contributed by atoms with Crippen LogP contribution >= 0.6 is 0 Å². The predicted octanol–water partition coefficient (Wildman–Crippen LogP) is 15.5. The largest absolute Gasteiger partial charge is 0.462 e. The van der Waals surface area contributed by atoms with Crippen LogP contribution in [0, 0.1) is 0 Å². The van der Waals surface area contributed by atoms with E-state index >= 15 is 0 Å². The number of nitrogens with one attached hydrogen (secondary N) is 2. The third-order valence-electron chi connectivity index (χ3n) is 11.9. The zero-order chi connectivity index (χ0) is 50.7. The molecule has 2 N–H and O–H groups in total. The zero-order valence-corrected chi connectivity index (χ0v) is 46.0. The third kappa shape index (κ3) is 43.3. The molecular formula is C56H108N4O8. The number of ether oxygens (including phenoxy) is 4. The molecule has 0 aromatic heterocycles. The van der Waals surface area contributed by atoms with Gasteiger partial charge in [0, 0.05) is 45.5 Å². The van der Waals surface area contributed by atoms with Gasteiger partial charge in [-0.05, 0) is 112 Å². The fourth-order valence-corrected chi connectivity index (χ4v) is 8.23. The van der Waals surface area contributed by atoms with Crippen LogP contribution in [-0.4, -0.2) is 84.6 Å². The Balaban J connectivity index is 5.73. The maximum absolute atomic E-state index is 13.1. The molecule has 1 unspecified atom stereocenters. The summed E-state index contributed by atoms with van der Waals surface area (Å²) in [5, 5.41) is 5.18. The minimum atomic E-state index is -0.734. The molecule has 0 spiro atoms. The normalized spacial score (nSPS) is 12.3. The SMILES string of the molecule is CCCCCCCCCOC(CCCC(=O)CCC)N(CCCCCCCC(=O)OC(CCCCCCCC)CCCCCCCC)CCCN=C(NC(=O)OC(C)(C)C)NC(=O)OC(C)(C)C. The predicted molar refractivity (Wildman–Crippen MR) is 282 cm³/mol. The lowest BCUT2D eigenvalue weighted by atomic mass is 10.0. The van der Waals surface area contributed by atoms with Gasteiger partial charge < -0.3 is 18.9 Å². The molecule has 0 bridgehead atoms. The highest BCUT2D eigenvalue weighted by atomic mass is 16.6. The van der Waals surface area contributed by atoms with Crippen LogP contribution in [0.4, 0.5) is 9.59 Å². The Morgan fingerprint density at radius 3 is 1.44 bits per heavy atom. The number of hydrogen-bond acceptors (Lipinski definition) is 10. The lowest BCUT2D eigenvalue weighted by Gasteiger charge is -2.32. The quantitative estimate of drug-likeness (QED) is 0.0152. The van der Waals surface area contributed by atoms with Crippen molar-refractivity contribution < 1.29 is 38.1 Å². The minimum Gasteiger partial charge on any atom is -0.462 e. The summed E-state index contributed by atoms with van der Waals surface area (Å²) in [4.78, 5) is 58.0. The van der Waals surface area contributed by atoms with E-state index in [-0.39, 0.29) is 24.3 Å². The summed E-state index contributed by atoms with van der Waals surface area (Å²) < 4.78 is 23.7. The average molecular weight is 965 g/mol. The van der Waals surface area contributed by atoms with Crippen molar-refractivity contribution in [2.24, 2.45) is 4.99 Å².